The lowest BCUT2D eigenvalue weighted by atomic mass is 10.3. The normalized spacial score (nSPS) is 10.0. The van der Waals surface area contributed by atoms with Crippen molar-refractivity contribution < 1.29 is 9.13 Å². The van der Waals surface area contributed by atoms with Crippen LogP contribution in [0.15, 0.2) is 48.5 Å². The first-order valence-corrected chi connectivity index (χ1v) is 5.56. The van der Waals surface area contributed by atoms with Crippen LogP contribution < -0.4 is 10.1 Å². The summed E-state index contributed by atoms with van der Waals surface area (Å²) >= 11 is 0. The van der Waals surface area contributed by atoms with Crippen molar-refractivity contribution in [2.45, 2.75) is 6.92 Å². The minimum atomic E-state index is -0.358. The highest BCUT2D eigenvalue weighted by molar-refractivity contribution is 5.47. The molecule has 0 amide bonds. The molecule has 2 aromatic carbocycles. The molecule has 0 bridgehead atoms. The van der Waals surface area contributed by atoms with Crippen molar-refractivity contribution in [3.8, 4) is 11.5 Å². The summed E-state index contributed by atoms with van der Waals surface area (Å²) in [5.74, 6) is 0.503. The van der Waals surface area contributed by atoms with Gasteiger partial charge in [-0.3, -0.25) is 0 Å². The molecule has 0 radical (unpaired) electrons. The number of nitrogens with one attached hydrogen (secondary N) is 1. The van der Waals surface area contributed by atoms with Crippen LogP contribution in [-0.4, -0.2) is 6.54 Å². The molecule has 3 heteroatoms. The van der Waals surface area contributed by atoms with E-state index in [1.165, 1.54) is 6.07 Å². The van der Waals surface area contributed by atoms with Crippen molar-refractivity contribution >= 4 is 5.69 Å². The second-order valence-electron chi connectivity index (χ2n) is 3.59. The van der Waals surface area contributed by atoms with E-state index in [-0.39, 0.29) is 11.6 Å². The van der Waals surface area contributed by atoms with E-state index >= 15 is 0 Å². The summed E-state index contributed by atoms with van der Waals surface area (Å²) in [6.45, 7) is 2.90. The van der Waals surface area contributed by atoms with E-state index < -0.39 is 0 Å². The predicted molar refractivity (Wildman–Crippen MR) is 67.1 cm³/mol. The largest absolute Gasteiger partial charge is 0.454 e. The highest BCUT2D eigenvalue weighted by Gasteiger charge is 2.02. The number of hydrogen-bond acceptors (Lipinski definition) is 2. The third-order valence-corrected chi connectivity index (χ3v) is 2.30. The molecule has 0 aliphatic carbocycles. The van der Waals surface area contributed by atoms with E-state index in [0.717, 1.165) is 12.2 Å². The molecule has 2 nitrogen and oxygen atoms in total. The van der Waals surface area contributed by atoms with Gasteiger partial charge >= 0.3 is 0 Å². The Balaban J connectivity index is 2.11. The van der Waals surface area contributed by atoms with Crippen molar-refractivity contribution in [1.82, 2.24) is 0 Å². The molecule has 0 saturated carbocycles. The SMILES string of the molecule is CCNc1ccc(Oc2ccccc2F)cc1. The summed E-state index contributed by atoms with van der Waals surface area (Å²) in [5.41, 5.74) is 1.02. The Morgan fingerprint density at radius 2 is 1.76 bits per heavy atom. The van der Waals surface area contributed by atoms with Crippen LogP contribution in [0.4, 0.5) is 10.1 Å². The maximum atomic E-state index is 13.3. The van der Waals surface area contributed by atoms with Crippen LogP contribution in [0, 0.1) is 5.82 Å². The van der Waals surface area contributed by atoms with Crippen LogP contribution in [0.5, 0.6) is 11.5 Å². The van der Waals surface area contributed by atoms with E-state index in [9.17, 15) is 4.39 Å². The number of benzene rings is 2. The molecule has 0 aliphatic heterocycles. The third-order valence-electron chi connectivity index (χ3n) is 2.30. The van der Waals surface area contributed by atoms with Crippen molar-refractivity contribution in [3.05, 3.63) is 54.3 Å². The van der Waals surface area contributed by atoms with Gasteiger partial charge in [0.05, 0.1) is 0 Å². The molecule has 2 rings (SSSR count). The first kappa shape index (κ1) is 11.5. The highest BCUT2D eigenvalue weighted by Crippen LogP contribution is 2.24. The van der Waals surface area contributed by atoms with E-state index in [2.05, 4.69) is 5.32 Å². The van der Waals surface area contributed by atoms with Gasteiger partial charge in [-0.25, -0.2) is 4.39 Å². The smallest absolute Gasteiger partial charge is 0.165 e. The average Bonchev–Trinajstić information content (AvgIpc) is 2.35. The van der Waals surface area contributed by atoms with Crippen molar-refractivity contribution in [2.24, 2.45) is 0 Å². The topological polar surface area (TPSA) is 21.3 Å². The Morgan fingerprint density at radius 1 is 1.06 bits per heavy atom. The zero-order valence-electron chi connectivity index (χ0n) is 9.61. The second-order valence-corrected chi connectivity index (χ2v) is 3.59. The summed E-state index contributed by atoms with van der Waals surface area (Å²) in [6.07, 6.45) is 0. The third kappa shape index (κ3) is 2.97. The fraction of sp³-hybridized carbons (Fsp3) is 0.143. The molecule has 2 aromatic rings. The molecule has 0 aliphatic rings. The first-order chi connectivity index (χ1) is 8.29. The maximum Gasteiger partial charge on any atom is 0.165 e. The Labute approximate surface area is 100 Å². The monoisotopic (exact) mass is 231 g/mol. The van der Waals surface area contributed by atoms with E-state index in [1.54, 1.807) is 18.2 Å². The molecule has 17 heavy (non-hydrogen) atoms. The molecule has 1 N–H and O–H groups in total. The summed E-state index contributed by atoms with van der Waals surface area (Å²) in [6, 6.07) is 13.8. The molecule has 88 valence electrons. The lowest BCUT2D eigenvalue weighted by molar-refractivity contribution is 0.442. The lowest BCUT2D eigenvalue weighted by Gasteiger charge is -2.08. The Bertz CT molecular complexity index is 482. The minimum Gasteiger partial charge on any atom is -0.454 e. The summed E-state index contributed by atoms with van der Waals surface area (Å²) < 4.78 is 18.8. The number of rotatable bonds is 4. The van der Waals surface area contributed by atoms with Crippen LogP contribution in [0.2, 0.25) is 0 Å². The van der Waals surface area contributed by atoms with Gasteiger partial charge in [-0.2, -0.15) is 0 Å². The Hall–Kier alpha value is -2.03. The van der Waals surface area contributed by atoms with E-state index in [0.29, 0.717) is 5.75 Å². The fourth-order valence-electron chi connectivity index (χ4n) is 1.50. The van der Waals surface area contributed by atoms with Gasteiger partial charge in [-0.05, 0) is 43.3 Å². The van der Waals surface area contributed by atoms with Crippen molar-refractivity contribution in [1.29, 1.82) is 0 Å². The minimum absolute atomic E-state index is 0.240. The van der Waals surface area contributed by atoms with Crippen LogP contribution in [0.1, 0.15) is 6.92 Å². The van der Waals surface area contributed by atoms with Crippen LogP contribution in [0.25, 0.3) is 0 Å². The molecule has 0 saturated heterocycles. The maximum absolute atomic E-state index is 13.3. The van der Waals surface area contributed by atoms with Crippen LogP contribution >= 0.6 is 0 Å². The Morgan fingerprint density at radius 3 is 2.41 bits per heavy atom. The summed E-state index contributed by atoms with van der Waals surface area (Å²) in [5, 5.41) is 3.18. The summed E-state index contributed by atoms with van der Waals surface area (Å²) in [4.78, 5) is 0. The molecule has 0 heterocycles. The van der Waals surface area contributed by atoms with Crippen LogP contribution in [0.3, 0.4) is 0 Å². The molecular weight excluding hydrogens is 217 g/mol. The van der Waals surface area contributed by atoms with Gasteiger partial charge in [0.25, 0.3) is 0 Å². The molecule has 0 aromatic heterocycles. The number of hydrogen-bond donors (Lipinski definition) is 1. The molecule has 0 unspecified atom stereocenters. The number of ether oxygens (including phenoxy) is 1. The van der Waals surface area contributed by atoms with Gasteiger partial charge in [0.2, 0.25) is 0 Å². The van der Waals surface area contributed by atoms with Gasteiger partial charge < -0.3 is 10.1 Å². The van der Waals surface area contributed by atoms with Gasteiger partial charge in [0.15, 0.2) is 11.6 Å². The number of halogens is 1. The van der Waals surface area contributed by atoms with Crippen LogP contribution in [-0.2, 0) is 0 Å². The standard InChI is InChI=1S/C14H14FNO/c1-2-16-11-7-9-12(10-8-11)17-14-6-4-3-5-13(14)15/h3-10,16H,2H2,1H3. The molecular formula is C14H14FNO. The zero-order chi connectivity index (χ0) is 12.1. The quantitative estimate of drug-likeness (QED) is 0.857. The van der Waals surface area contributed by atoms with Gasteiger partial charge in [0.1, 0.15) is 5.75 Å². The lowest BCUT2D eigenvalue weighted by Crippen LogP contribution is -1.95. The molecule has 0 atom stereocenters. The van der Waals surface area contributed by atoms with Crippen molar-refractivity contribution in [3.63, 3.8) is 0 Å². The first-order valence-electron chi connectivity index (χ1n) is 5.56. The Kier molecular flexibility index (Phi) is 3.60. The summed E-state index contributed by atoms with van der Waals surface area (Å²) in [7, 11) is 0. The zero-order valence-corrected chi connectivity index (χ0v) is 9.61. The second kappa shape index (κ2) is 5.34. The van der Waals surface area contributed by atoms with E-state index in [4.69, 9.17) is 4.74 Å². The number of para-hydroxylation sites is 1. The predicted octanol–water partition coefficient (Wildman–Crippen LogP) is 4.05. The molecule has 0 spiro atoms. The number of anilines is 1. The molecule has 0 fully saturated rings. The van der Waals surface area contributed by atoms with Gasteiger partial charge in [-0.1, -0.05) is 12.1 Å². The average molecular weight is 231 g/mol. The van der Waals surface area contributed by atoms with Gasteiger partial charge in [-0.15, -0.1) is 0 Å². The fourth-order valence-corrected chi connectivity index (χ4v) is 1.50. The van der Waals surface area contributed by atoms with Gasteiger partial charge in [0, 0.05) is 12.2 Å². The van der Waals surface area contributed by atoms with Crippen molar-refractivity contribution in [2.75, 3.05) is 11.9 Å². The van der Waals surface area contributed by atoms with E-state index in [1.807, 2.05) is 31.2 Å². The highest BCUT2D eigenvalue weighted by atomic mass is 19.1.